The number of aryl methyl sites for hydroxylation is 1. The first kappa shape index (κ1) is 12.5. The molecule has 0 bridgehead atoms. The average molecular weight is 256 g/mol. The van der Waals surface area contributed by atoms with E-state index < -0.39 is 11.9 Å². The molecule has 0 aliphatic carbocycles. The smallest absolute Gasteiger partial charge is 0.434 e. The van der Waals surface area contributed by atoms with Gasteiger partial charge in [-0.25, -0.2) is 4.98 Å². The molecule has 0 amide bonds. The summed E-state index contributed by atoms with van der Waals surface area (Å²) in [4.78, 5) is 3.60. The molecular formula is C12H11F3N2O. The molecule has 0 spiro atoms. The predicted octanol–water partition coefficient (Wildman–Crippen LogP) is 3.11. The van der Waals surface area contributed by atoms with Gasteiger partial charge >= 0.3 is 6.18 Å². The number of hydrogen-bond donors (Lipinski definition) is 0. The van der Waals surface area contributed by atoms with Crippen LogP contribution < -0.4 is 4.74 Å². The molecule has 0 N–H and O–H groups in total. The molecule has 0 unspecified atom stereocenters. The van der Waals surface area contributed by atoms with Crippen molar-refractivity contribution in [2.45, 2.75) is 6.18 Å². The van der Waals surface area contributed by atoms with Gasteiger partial charge in [0, 0.05) is 18.8 Å². The maximum absolute atomic E-state index is 12.5. The molecule has 6 heteroatoms. The highest BCUT2D eigenvalue weighted by molar-refractivity contribution is 5.57. The molecule has 1 aromatic carbocycles. The first-order valence-corrected chi connectivity index (χ1v) is 5.17. The molecule has 3 nitrogen and oxygen atoms in total. The molecule has 0 fully saturated rings. The molecule has 2 aromatic rings. The molecule has 0 atom stereocenters. The van der Waals surface area contributed by atoms with Gasteiger partial charge in [-0.2, -0.15) is 13.2 Å². The Hall–Kier alpha value is -1.98. The molecule has 18 heavy (non-hydrogen) atoms. The number of imidazole rings is 1. The first-order valence-electron chi connectivity index (χ1n) is 5.17. The van der Waals surface area contributed by atoms with Crippen LogP contribution >= 0.6 is 0 Å². The number of nitrogens with zero attached hydrogens (tertiary/aromatic N) is 2. The minimum Gasteiger partial charge on any atom is -0.497 e. The maximum atomic E-state index is 12.5. The first-order chi connectivity index (χ1) is 8.41. The Bertz CT molecular complexity index is 543. The van der Waals surface area contributed by atoms with Crippen molar-refractivity contribution in [3.8, 4) is 17.1 Å². The van der Waals surface area contributed by atoms with Crippen molar-refractivity contribution in [1.29, 1.82) is 0 Å². The summed E-state index contributed by atoms with van der Waals surface area (Å²) in [6, 6.07) is 6.69. The topological polar surface area (TPSA) is 27.1 Å². The van der Waals surface area contributed by atoms with Gasteiger partial charge in [-0.05, 0) is 24.3 Å². The Morgan fingerprint density at radius 3 is 2.22 bits per heavy atom. The second kappa shape index (κ2) is 4.36. The van der Waals surface area contributed by atoms with Crippen LogP contribution in [-0.4, -0.2) is 16.7 Å². The molecule has 0 radical (unpaired) electrons. The summed E-state index contributed by atoms with van der Waals surface area (Å²) in [6.07, 6.45) is -3.46. The zero-order valence-electron chi connectivity index (χ0n) is 9.82. The minimum atomic E-state index is -4.43. The Morgan fingerprint density at radius 2 is 1.78 bits per heavy atom. The van der Waals surface area contributed by atoms with Crippen LogP contribution in [0.15, 0.2) is 30.5 Å². The number of aromatic nitrogens is 2. The highest BCUT2D eigenvalue weighted by Gasteiger charge is 2.34. The van der Waals surface area contributed by atoms with Crippen molar-refractivity contribution in [3.63, 3.8) is 0 Å². The van der Waals surface area contributed by atoms with E-state index in [0.29, 0.717) is 11.3 Å². The largest absolute Gasteiger partial charge is 0.497 e. The van der Waals surface area contributed by atoms with E-state index in [2.05, 4.69) is 4.98 Å². The summed E-state index contributed by atoms with van der Waals surface area (Å²) in [5.41, 5.74) is -0.287. The molecule has 1 aromatic heterocycles. The van der Waals surface area contributed by atoms with Crippen LogP contribution in [0, 0.1) is 0 Å². The molecule has 1 heterocycles. The molecule has 0 aliphatic heterocycles. The zero-order chi connectivity index (χ0) is 13.3. The Balaban J connectivity index is 2.41. The summed E-state index contributed by atoms with van der Waals surface area (Å²) >= 11 is 0. The minimum absolute atomic E-state index is 0.268. The van der Waals surface area contributed by atoms with E-state index in [-0.39, 0.29) is 5.82 Å². The molecule has 0 saturated carbocycles. The third-order valence-corrected chi connectivity index (χ3v) is 2.52. The molecule has 0 saturated heterocycles. The third kappa shape index (κ3) is 2.32. The number of benzene rings is 1. The lowest BCUT2D eigenvalue weighted by Gasteiger charge is -2.03. The van der Waals surface area contributed by atoms with Gasteiger partial charge in [0.15, 0.2) is 5.69 Å². The van der Waals surface area contributed by atoms with Gasteiger partial charge in [-0.3, -0.25) is 0 Å². The van der Waals surface area contributed by atoms with Crippen molar-refractivity contribution in [3.05, 3.63) is 36.2 Å². The van der Waals surface area contributed by atoms with Gasteiger partial charge in [0.2, 0.25) is 0 Å². The second-order valence-corrected chi connectivity index (χ2v) is 3.79. The van der Waals surface area contributed by atoms with Crippen LogP contribution in [0.1, 0.15) is 5.69 Å². The summed E-state index contributed by atoms with van der Waals surface area (Å²) in [5.74, 6) is 0.911. The monoisotopic (exact) mass is 256 g/mol. The van der Waals surface area contributed by atoms with E-state index in [4.69, 9.17) is 4.74 Å². The van der Waals surface area contributed by atoms with Crippen molar-refractivity contribution in [2.75, 3.05) is 7.11 Å². The van der Waals surface area contributed by atoms with E-state index in [0.717, 1.165) is 6.20 Å². The van der Waals surface area contributed by atoms with E-state index >= 15 is 0 Å². The fourth-order valence-corrected chi connectivity index (χ4v) is 1.61. The van der Waals surface area contributed by atoms with E-state index in [1.165, 1.54) is 18.7 Å². The van der Waals surface area contributed by atoms with Gasteiger partial charge in [0.1, 0.15) is 11.6 Å². The van der Waals surface area contributed by atoms with Crippen LogP contribution in [0.5, 0.6) is 5.75 Å². The summed E-state index contributed by atoms with van der Waals surface area (Å²) < 4.78 is 43.9. The fraction of sp³-hybridized carbons (Fsp3) is 0.250. The zero-order valence-corrected chi connectivity index (χ0v) is 9.82. The SMILES string of the molecule is COc1ccc(-c2nc(C(F)(F)F)cn2C)cc1. The Labute approximate surface area is 102 Å². The van der Waals surface area contributed by atoms with Gasteiger partial charge < -0.3 is 9.30 Å². The summed E-state index contributed by atoms with van der Waals surface area (Å²) in [5, 5.41) is 0. The highest BCUT2D eigenvalue weighted by atomic mass is 19.4. The summed E-state index contributed by atoms with van der Waals surface area (Å²) in [7, 11) is 3.05. The van der Waals surface area contributed by atoms with Gasteiger partial charge in [0.25, 0.3) is 0 Å². The molecular weight excluding hydrogens is 245 g/mol. The van der Waals surface area contributed by atoms with Gasteiger partial charge in [-0.1, -0.05) is 0 Å². The lowest BCUT2D eigenvalue weighted by atomic mass is 10.2. The fourth-order valence-electron chi connectivity index (χ4n) is 1.61. The third-order valence-electron chi connectivity index (χ3n) is 2.52. The van der Waals surface area contributed by atoms with Crippen molar-refractivity contribution < 1.29 is 17.9 Å². The Morgan fingerprint density at radius 1 is 1.17 bits per heavy atom. The van der Waals surface area contributed by atoms with E-state index in [9.17, 15) is 13.2 Å². The number of methoxy groups -OCH3 is 1. The molecule has 96 valence electrons. The lowest BCUT2D eigenvalue weighted by Crippen LogP contribution is -2.04. The number of hydrogen-bond acceptors (Lipinski definition) is 2. The van der Waals surface area contributed by atoms with Crippen LogP contribution in [0.25, 0.3) is 11.4 Å². The number of alkyl halides is 3. The highest BCUT2D eigenvalue weighted by Crippen LogP contribution is 2.30. The van der Waals surface area contributed by atoms with E-state index in [1.54, 1.807) is 24.3 Å². The maximum Gasteiger partial charge on any atom is 0.434 e. The number of rotatable bonds is 2. The number of ether oxygens (including phenoxy) is 1. The van der Waals surface area contributed by atoms with Crippen molar-refractivity contribution in [2.24, 2.45) is 7.05 Å². The standard InChI is InChI=1S/C12H11F3N2O/c1-17-7-10(12(13,14)15)16-11(17)8-3-5-9(18-2)6-4-8/h3-7H,1-2H3. The van der Waals surface area contributed by atoms with Crippen LogP contribution in [0.4, 0.5) is 13.2 Å². The van der Waals surface area contributed by atoms with E-state index in [1.807, 2.05) is 0 Å². The Kier molecular flexibility index (Phi) is 3.02. The van der Waals surface area contributed by atoms with Gasteiger partial charge in [0.05, 0.1) is 7.11 Å². The molecule has 0 aliphatic rings. The lowest BCUT2D eigenvalue weighted by molar-refractivity contribution is -0.140. The summed E-state index contributed by atoms with van der Waals surface area (Å²) in [6.45, 7) is 0. The van der Waals surface area contributed by atoms with Crippen molar-refractivity contribution in [1.82, 2.24) is 9.55 Å². The van der Waals surface area contributed by atoms with Crippen LogP contribution in [0.2, 0.25) is 0 Å². The van der Waals surface area contributed by atoms with Gasteiger partial charge in [-0.15, -0.1) is 0 Å². The van der Waals surface area contributed by atoms with Crippen molar-refractivity contribution >= 4 is 0 Å². The van der Waals surface area contributed by atoms with Crippen LogP contribution in [-0.2, 0) is 13.2 Å². The number of halogens is 3. The quantitative estimate of drug-likeness (QED) is 0.825. The normalized spacial score (nSPS) is 11.6. The average Bonchev–Trinajstić information content (AvgIpc) is 2.71. The second-order valence-electron chi connectivity index (χ2n) is 3.79. The molecule has 2 rings (SSSR count). The predicted molar refractivity (Wildman–Crippen MR) is 60.2 cm³/mol. The van der Waals surface area contributed by atoms with Crippen LogP contribution in [0.3, 0.4) is 0 Å².